The van der Waals surface area contributed by atoms with E-state index in [1.54, 1.807) is 0 Å². The standard InChI is InChI=1S/C42H79NO4/c1-4-7-9-11-13-14-15-16-17-18-19-20-22-27-31-35-42(45)47-40-37-43(6-3)36-39-46-41(33-29-25-21-12-10-8-5-2)34-30-26-23-24-28-32-38-44/h16-17,33,38H,4-15,18-32,34-37,39-40H2,1-3H3. The molecule has 0 saturated carbocycles. The van der Waals surface area contributed by atoms with Crippen molar-refractivity contribution >= 4 is 12.3 Å². The Balaban J connectivity index is 4.03. The van der Waals surface area contributed by atoms with Crippen LogP contribution in [0.2, 0.25) is 0 Å². The summed E-state index contributed by atoms with van der Waals surface area (Å²) in [6, 6.07) is 0. The molecule has 0 aromatic heterocycles. The Kier molecular flexibility index (Phi) is 37.5. The van der Waals surface area contributed by atoms with E-state index in [0.717, 1.165) is 76.6 Å². The van der Waals surface area contributed by atoms with Crippen LogP contribution in [0.15, 0.2) is 24.0 Å². The zero-order valence-corrected chi connectivity index (χ0v) is 31.7. The van der Waals surface area contributed by atoms with Crippen LogP contribution >= 0.6 is 0 Å². The number of nitrogens with zero attached hydrogens (tertiary/aromatic N) is 1. The van der Waals surface area contributed by atoms with Crippen molar-refractivity contribution in [2.45, 2.75) is 201 Å². The van der Waals surface area contributed by atoms with Gasteiger partial charge in [0.1, 0.15) is 19.5 Å². The molecule has 5 heteroatoms. The fourth-order valence-electron chi connectivity index (χ4n) is 5.91. The van der Waals surface area contributed by atoms with Crippen LogP contribution in [0.5, 0.6) is 0 Å². The third-order valence-electron chi connectivity index (χ3n) is 9.13. The third kappa shape index (κ3) is 35.5. The maximum Gasteiger partial charge on any atom is 0.305 e. The maximum absolute atomic E-state index is 12.3. The Labute approximate surface area is 293 Å². The van der Waals surface area contributed by atoms with Gasteiger partial charge in [-0.25, -0.2) is 0 Å². The van der Waals surface area contributed by atoms with E-state index in [9.17, 15) is 9.59 Å². The number of carbonyl (C=O) groups excluding carboxylic acids is 2. The third-order valence-corrected chi connectivity index (χ3v) is 9.13. The first-order valence-electron chi connectivity index (χ1n) is 20.5. The van der Waals surface area contributed by atoms with Gasteiger partial charge in [-0.3, -0.25) is 9.69 Å². The number of ether oxygens (including phenoxy) is 2. The zero-order chi connectivity index (χ0) is 34.3. The number of hydrogen-bond acceptors (Lipinski definition) is 5. The summed E-state index contributed by atoms with van der Waals surface area (Å²) >= 11 is 0. The van der Waals surface area contributed by atoms with E-state index >= 15 is 0 Å². The van der Waals surface area contributed by atoms with Gasteiger partial charge in [0.15, 0.2) is 0 Å². The number of carbonyl (C=O) groups is 2. The molecule has 0 aliphatic rings. The summed E-state index contributed by atoms with van der Waals surface area (Å²) < 4.78 is 11.9. The number of esters is 1. The molecule has 0 amide bonds. The maximum atomic E-state index is 12.3. The highest BCUT2D eigenvalue weighted by atomic mass is 16.5. The van der Waals surface area contributed by atoms with Gasteiger partial charge in [0.2, 0.25) is 0 Å². The van der Waals surface area contributed by atoms with E-state index in [0.29, 0.717) is 26.1 Å². The first-order chi connectivity index (χ1) is 23.2. The molecule has 0 atom stereocenters. The summed E-state index contributed by atoms with van der Waals surface area (Å²) in [6.07, 6.45) is 41.4. The number of hydrogen-bond donors (Lipinski definition) is 0. The number of allylic oxidation sites excluding steroid dienone is 4. The van der Waals surface area contributed by atoms with Gasteiger partial charge in [-0.1, -0.05) is 136 Å². The molecule has 0 radical (unpaired) electrons. The lowest BCUT2D eigenvalue weighted by Gasteiger charge is -2.21. The highest BCUT2D eigenvalue weighted by Crippen LogP contribution is 2.16. The molecule has 0 aromatic carbocycles. The molecule has 0 fully saturated rings. The minimum Gasteiger partial charge on any atom is -0.497 e. The second kappa shape index (κ2) is 38.8. The predicted molar refractivity (Wildman–Crippen MR) is 203 cm³/mol. The molecule has 276 valence electrons. The molecule has 5 nitrogen and oxygen atoms in total. The van der Waals surface area contributed by atoms with Gasteiger partial charge < -0.3 is 14.3 Å². The molecule has 0 saturated heterocycles. The Hall–Kier alpha value is -1.62. The van der Waals surface area contributed by atoms with Crippen LogP contribution in [0.3, 0.4) is 0 Å². The lowest BCUT2D eigenvalue weighted by molar-refractivity contribution is -0.144. The lowest BCUT2D eigenvalue weighted by Crippen LogP contribution is -2.31. The van der Waals surface area contributed by atoms with Gasteiger partial charge in [0.25, 0.3) is 0 Å². The monoisotopic (exact) mass is 662 g/mol. The van der Waals surface area contributed by atoms with Crippen molar-refractivity contribution in [3.8, 4) is 0 Å². The van der Waals surface area contributed by atoms with Crippen LogP contribution in [0, 0.1) is 0 Å². The average molecular weight is 662 g/mol. The van der Waals surface area contributed by atoms with Crippen molar-refractivity contribution in [2.75, 3.05) is 32.8 Å². The van der Waals surface area contributed by atoms with Crippen LogP contribution in [-0.4, -0.2) is 50.0 Å². The van der Waals surface area contributed by atoms with E-state index in [1.165, 1.54) is 122 Å². The van der Waals surface area contributed by atoms with Gasteiger partial charge in [-0.05, 0) is 70.4 Å². The molecule has 0 heterocycles. The first kappa shape index (κ1) is 45.4. The molecular weight excluding hydrogens is 582 g/mol. The first-order valence-corrected chi connectivity index (χ1v) is 20.5. The Morgan fingerprint density at radius 3 is 1.49 bits per heavy atom. The minimum atomic E-state index is -0.0546. The number of aldehydes is 1. The quantitative estimate of drug-likeness (QED) is 0.0217. The van der Waals surface area contributed by atoms with Gasteiger partial charge in [0, 0.05) is 32.4 Å². The Morgan fingerprint density at radius 2 is 0.957 bits per heavy atom. The molecule has 0 unspecified atom stereocenters. The van der Waals surface area contributed by atoms with Gasteiger partial charge in [-0.15, -0.1) is 0 Å². The van der Waals surface area contributed by atoms with Gasteiger partial charge >= 0.3 is 5.97 Å². The van der Waals surface area contributed by atoms with Crippen molar-refractivity contribution < 1.29 is 19.1 Å². The van der Waals surface area contributed by atoms with Crippen molar-refractivity contribution in [1.29, 1.82) is 0 Å². The topological polar surface area (TPSA) is 55.8 Å². The van der Waals surface area contributed by atoms with Crippen LogP contribution < -0.4 is 0 Å². The molecule has 0 aromatic rings. The Bertz CT molecular complexity index is 719. The molecular formula is C42H79NO4. The molecule has 0 bridgehead atoms. The van der Waals surface area contributed by atoms with Crippen molar-refractivity contribution in [2.24, 2.45) is 0 Å². The average Bonchev–Trinajstić information content (AvgIpc) is 3.08. The summed E-state index contributed by atoms with van der Waals surface area (Å²) in [7, 11) is 0. The summed E-state index contributed by atoms with van der Waals surface area (Å²) in [5.74, 6) is 1.09. The zero-order valence-electron chi connectivity index (χ0n) is 31.7. The molecule has 0 spiro atoms. The fourth-order valence-corrected chi connectivity index (χ4v) is 5.91. The highest BCUT2D eigenvalue weighted by Gasteiger charge is 2.08. The summed E-state index contributed by atoms with van der Waals surface area (Å²) in [4.78, 5) is 25.1. The normalized spacial score (nSPS) is 12.0. The number of likely N-dealkylation sites (N-methyl/N-ethyl adjacent to an activating group) is 1. The summed E-state index contributed by atoms with van der Waals surface area (Å²) in [5.41, 5.74) is 0. The van der Waals surface area contributed by atoms with E-state index in [4.69, 9.17) is 9.47 Å². The highest BCUT2D eigenvalue weighted by molar-refractivity contribution is 5.69. The lowest BCUT2D eigenvalue weighted by atomic mass is 10.1. The van der Waals surface area contributed by atoms with E-state index in [-0.39, 0.29) is 5.97 Å². The van der Waals surface area contributed by atoms with Crippen LogP contribution in [0.4, 0.5) is 0 Å². The number of rotatable bonds is 38. The van der Waals surface area contributed by atoms with Gasteiger partial charge in [-0.2, -0.15) is 0 Å². The summed E-state index contributed by atoms with van der Waals surface area (Å²) in [5, 5.41) is 0. The molecule has 0 aliphatic carbocycles. The van der Waals surface area contributed by atoms with Crippen LogP contribution in [0.1, 0.15) is 201 Å². The molecule has 0 rings (SSSR count). The van der Waals surface area contributed by atoms with Crippen LogP contribution in [-0.2, 0) is 19.1 Å². The second-order valence-corrected chi connectivity index (χ2v) is 13.5. The Morgan fingerprint density at radius 1 is 0.511 bits per heavy atom. The second-order valence-electron chi connectivity index (χ2n) is 13.5. The largest absolute Gasteiger partial charge is 0.497 e. The van der Waals surface area contributed by atoms with Crippen molar-refractivity contribution in [3.63, 3.8) is 0 Å². The predicted octanol–water partition coefficient (Wildman–Crippen LogP) is 12.5. The van der Waals surface area contributed by atoms with E-state index < -0.39 is 0 Å². The van der Waals surface area contributed by atoms with Crippen LogP contribution in [0.25, 0.3) is 0 Å². The molecule has 0 N–H and O–H groups in total. The van der Waals surface area contributed by atoms with Crippen molar-refractivity contribution in [3.05, 3.63) is 24.0 Å². The van der Waals surface area contributed by atoms with E-state index in [2.05, 4.69) is 43.9 Å². The minimum absolute atomic E-state index is 0.0546. The van der Waals surface area contributed by atoms with Gasteiger partial charge in [0.05, 0.1) is 5.76 Å². The van der Waals surface area contributed by atoms with Crippen molar-refractivity contribution in [1.82, 2.24) is 4.90 Å². The number of unbranched alkanes of at least 4 members (excludes halogenated alkanes) is 22. The molecule has 0 aliphatic heterocycles. The smallest absolute Gasteiger partial charge is 0.305 e. The fraction of sp³-hybridized carbons (Fsp3) is 0.857. The SMILES string of the molecule is CCCCCCCCC=CCCCCCCCC(=O)OCCN(CC)CCOC(=CCCCCCCCC)CCCCCCCC=O. The summed E-state index contributed by atoms with van der Waals surface area (Å²) in [6.45, 7) is 10.4. The molecule has 47 heavy (non-hydrogen) atoms. The van der Waals surface area contributed by atoms with E-state index in [1.807, 2.05) is 0 Å².